The number of hydrogen-bond donors (Lipinski definition) is 1. The standard InChI is InChI=1S/C14H12O2S/c15-14(16)11-8-10(11)13-7-6-12(17-13)9-4-2-1-3-5-9/h1-7,10-11H,8H2,(H,15,16). The average molecular weight is 244 g/mol. The molecule has 0 radical (unpaired) electrons. The van der Waals surface area contributed by atoms with Gasteiger partial charge in [-0.15, -0.1) is 11.3 Å². The van der Waals surface area contributed by atoms with E-state index in [0.29, 0.717) is 0 Å². The van der Waals surface area contributed by atoms with E-state index in [1.165, 1.54) is 15.3 Å². The molecule has 1 aliphatic rings. The van der Waals surface area contributed by atoms with E-state index in [2.05, 4.69) is 24.3 Å². The van der Waals surface area contributed by atoms with Gasteiger partial charge >= 0.3 is 5.97 Å². The molecular weight excluding hydrogens is 232 g/mol. The summed E-state index contributed by atoms with van der Waals surface area (Å²) >= 11 is 1.71. The Kier molecular flexibility index (Phi) is 2.48. The molecule has 2 aromatic rings. The average Bonchev–Trinajstić information content (AvgIpc) is 3.01. The first kappa shape index (κ1) is 10.5. The first-order valence-electron chi connectivity index (χ1n) is 5.63. The summed E-state index contributed by atoms with van der Waals surface area (Å²) < 4.78 is 0. The summed E-state index contributed by atoms with van der Waals surface area (Å²) in [5.41, 5.74) is 1.20. The van der Waals surface area contributed by atoms with Crippen LogP contribution in [0.1, 0.15) is 17.2 Å². The molecule has 3 rings (SSSR count). The highest BCUT2D eigenvalue weighted by molar-refractivity contribution is 7.15. The monoisotopic (exact) mass is 244 g/mol. The maximum atomic E-state index is 10.8. The molecule has 0 aliphatic heterocycles. The van der Waals surface area contributed by atoms with Gasteiger partial charge in [-0.2, -0.15) is 0 Å². The Morgan fingerprint density at radius 2 is 1.94 bits per heavy atom. The van der Waals surface area contributed by atoms with Gasteiger partial charge in [0.15, 0.2) is 0 Å². The first-order valence-corrected chi connectivity index (χ1v) is 6.45. The topological polar surface area (TPSA) is 37.3 Å². The van der Waals surface area contributed by atoms with Crippen LogP contribution in [0, 0.1) is 5.92 Å². The van der Waals surface area contributed by atoms with Crippen LogP contribution in [-0.4, -0.2) is 11.1 Å². The van der Waals surface area contributed by atoms with Crippen LogP contribution in [0.2, 0.25) is 0 Å². The molecular formula is C14H12O2S. The number of carbonyl (C=O) groups is 1. The molecule has 1 N–H and O–H groups in total. The first-order chi connectivity index (χ1) is 8.25. The zero-order valence-corrected chi connectivity index (χ0v) is 9.98. The molecule has 86 valence electrons. The molecule has 17 heavy (non-hydrogen) atoms. The van der Waals surface area contributed by atoms with E-state index in [0.717, 1.165) is 6.42 Å². The fourth-order valence-electron chi connectivity index (χ4n) is 2.09. The summed E-state index contributed by atoms with van der Waals surface area (Å²) in [5.74, 6) is -0.572. The summed E-state index contributed by atoms with van der Waals surface area (Å²) in [6.45, 7) is 0. The van der Waals surface area contributed by atoms with Crippen molar-refractivity contribution in [2.45, 2.75) is 12.3 Å². The molecule has 3 heteroatoms. The third-order valence-electron chi connectivity index (χ3n) is 3.16. The zero-order chi connectivity index (χ0) is 11.8. The largest absolute Gasteiger partial charge is 0.481 e. The fourth-order valence-corrected chi connectivity index (χ4v) is 3.28. The molecule has 2 nitrogen and oxygen atoms in total. The van der Waals surface area contributed by atoms with E-state index in [1.807, 2.05) is 18.2 Å². The van der Waals surface area contributed by atoms with Crippen LogP contribution in [0.3, 0.4) is 0 Å². The lowest BCUT2D eigenvalue weighted by atomic mass is 10.2. The lowest BCUT2D eigenvalue weighted by molar-refractivity contribution is -0.138. The van der Waals surface area contributed by atoms with E-state index in [1.54, 1.807) is 11.3 Å². The van der Waals surface area contributed by atoms with Crippen LogP contribution in [-0.2, 0) is 4.79 Å². The zero-order valence-electron chi connectivity index (χ0n) is 9.17. The Balaban J connectivity index is 1.83. The van der Waals surface area contributed by atoms with Crippen LogP contribution in [0.4, 0.5) is 0 Å². The highest BCUT2D eigenvalue weighted by atomic mass is 32.1. The Morgan fingerprint density at radius 1 is 1.18 bits per heavy atom. The third-order valence-corrected chi connectivity index (χ3v) is 4.42. The van der Waals surface area contributed by atoms with Crippen molar-refractivity contribution in [1.82, 2.24) is 0 Å². The lowest BCUT2D eigenvalue weighted by Gasteiger charge is -1.95. The van der Waals surface area contributed by atoms with Gasteiger partial charge in [0.05, 0.1) is 5.92 Å². The van der Waals surface area contributed by atoms with Crippen molar-refractivity contribution < 1.29 is 9.90 Å². The highest BCUT2D eigenvalue weighted by Crippen LogP contribution is 2.50. The number of thiophene rings is 1. The van der Waals surface area contributed by atoms with Crippen LogP contribution in [0.5, 0.6) is 0 Å². The molecule has 0 amide bonds. The minimum Gasteiger partial charge on any atom is -0.481 e. The Labute approximate surface area is 104 Å². The maximum Gasteiger partial charge on any atom is 0.307 e. The number of rotatable bonds is 3. The van der Waals surface area contributed by atoms with Crippen molar-refractivity contribution in [3.8, 4) is 10.4 Å². The minimum atomic E-state index is -0.662. The fraction of sp³-hybridized carbons (Fsp3) is 0.214. The molecule has 0 spiro atoms. The third kappa shape index (κ3) is 1.98. The molecule has 1 aliphatic carbocycles. The van der Waals surface area contributed by atoms with Gasteiger partial charge in [-0.3, -0.25) is 4.79 Å². The van der Waals surface area contributed by atoms with Gasteiger partial charge in [-0.05, 0) is 24.1 Å². The van der Waals surface area contributed by atoms with Gasteiger partial charge in [-0.1, -0.05) is 30.3 Å². The van der Waals surface area contributed by atoms with Crippen molar-refractivity contribution in [3.05, 3.63) is 47.3 Å². The molecule has 1 heterocycles. The SMILES string of the molecule is O=C(O)C1CC1c1ccc(-c2ccccc2)s1. The molecule has 1 saturated carbocycles. The van der Waals surface area contributed by atoms with Crippen molar-refractivity contribution in [1.29, 1.82) is 0 Å². The highest BCUT2D eigenvalue weighted by Gasteiger charge is 2.44. The van der Waals surface area contributed by atoms with Gasteiger partial charge in [0.25, 0.3) is 0 Å². The Morgan fingerprint density at radius 3 is 2.59 bits per heavy atom. The normalized spacial score (nSPS) is 22.4. The molecule has 1 aromatic carbocycles. The number of hydrogen-bond acceptors (Lipinski definition) is 2. The number of benzene rings is 1. The molecule has 1 aromatic heterocycles. The quantitative estimate of drug-likeness (QED) is 0.895. The van der Waals surface area contributed by atoms with Crippen LogP contribution >= 0.6 is 11.3 Å². The van der Waals surface area contributed by atoms with Gasteiger partial charge < -0.3 is 5.11 Å². The predicted octanol–water partition coefficient (Wildman–Crippen LogP) is 3.60. The lowest BCUT2D eigenvalue weighted by Crippen LogP contribution is -1.97. The van der Waals surface area contributed by atoms with Crippen molar-refractivity contribution in [2.75, 3.05) is 0 Å². The van der Waals surface area contributed by atoms with Gasteiger partial charge in [0.1, 0.15) is 0 Å². The number of carboxylic acid groups (broad SMARTS) is 1. The summed E-state index contributed by atoms with van der Waals surface area (Å²) in [7, 11) is 0. The van der Waals surface area contributed by atoms with Gasteiger partial charge in [0, 0.05) is 15.7 Å². The number of carboxylic acids is 1. The van der Waals surface area contributed by atoms with E-state index in [-0.39, 0.29) is 11.8 Å². The van der Waals surface area contributed by atoms with E-state index in [4.69, 9.17) is 5.11 Å². The molecule has 1 fully saturated rings. The predicted molar refractivity (Wildman–Crippen MR) is 68.2 cm³/mol. The number of aliphatic carboxylic acids is 1. The van der Waals surface area contributed by atoms with Crippen LogP contribution in [0.25, 0.3) is 10.4 Å². The van der Waals surface area contributed by atoms with Gasteiger partial charge in [0.2, 0.25) is 0 Å². The second-order valence-electron chi connectivity index (χ2n) is 4.35. The smallest absolute Gasteiger partial charge is 0.307 e. The van der Waals surface area contributed by atoms with Crippen LogP contribution < -0.4 is 0 Å². The van der Waals surface area contributed by atoms with Gasteiger partial charge in [-0.25, -0.2) is 0 Å². The molecule has 2 atom stereocenters. The van der Waals surface area contributed by atoms with Crippen molar-refractivity contribution >= 4 is 17.3 Å². The van der Waals surface area contributed by atoms with Crippen molar-refractivity contribution in [2.24, 2.45) is 5.92 Å². The maximum absolute atomic E-state index is 10.8. The summed E-state index contributed by atoms with van der Waals surface area (Å²) in [6.07, 6.45) is 0.796. The Bertz CT molecular complexity index is 544. The van der Waals surface area contributed by atoms with E-state index in [9.17, 15) is 4.79 Å². The summed E-state index contributed by atoms with van der Waals surface area (Å²) in [6, 6.07) is 14.4. The summed E-state index contributed by atoms with van der Waals surface area (Å²) in [5, 5.41) is 8.91. The second-order valence-corrected chi connectivity index (χ2v) is 5.47. The molecule has 2 unspecified atom stereocenters. The molecule has 0 bridgehead atoms. The van der Waals surface area contributed by atoms with Crippen LogP contribution in [0.15, 0.2) is 42.5 Å². The second kappa shape index (κ2) is 4.00. The molecule has 0 saturated heterocycles. The summed E-state index contributed by atoms with van der Waals surface area (Å²) in [4.78, 5) is 13.3. The van der Waals surface area contributed by atoms with E-state index >= 15 is 0 Å². The van der Waals surface area contributed by atoms with Crippen molar-refractivity contribution in [3.63, 3.8) is 0 Å². The Hall–Kier alpha value is -1.61. The minimum absolute atomic E-state index is 0.155. The van der Waals surface area contributed by atoms with E-state index < -0.39 is 5.97 Å².